The number of aliphatic hydroxyl groups is 1. The Labute approximate surface area is 76.3 Å². The van der Waals surface area contributed by atoms with Crippen LogP contribution in [0.2, 0.25) is 0 Å². The molecule has 0 fully saturated rings. The molecule has 0 heterocycles. The minimum absolute atomic E-state index is 0.0373. The fourth-order valence-corrected chi connectivity index (χ4v) is 0.829. The Morgan fingerprint density at radius 1 is 1.46 bits per heavy atom. The van der Waals surface area contributed by atoms with Gasteiger partial charge in [-0.25, -0.2) is 0 Å². The lowest BCUT2D eigenvalue weighted by molar-refractivity contribution is -0.144. The van der Waals surface area contributed by atoms with Crippen LogP contribution in [-0.4, -0.2) is 34.4 Å². The van der Waals surface area contributed by atoms with E-state index in [1.54, 1.807) is 0 Å². The number of hydrogen-bond donors (Lipinski definition) is 2. The van der Waals surface area contributed by atoms with Crippen LogP contribution in [-0.2, 0) is 14.3 Å². The molecular weight excluding hydrogens is 176 g/mol. The Balaban J connectivity index is 3.75. The highest BCUT2D eigenvalue weighted by molar-refractivity contribution is 5.68. The highest BCUT2D eigenvalue weighted by atomic mass is 16.5. The molecule has 13 heavy (non-hydrogen) atoms. The van der Waals surface area contributed by atoms with Crippen molar-refractivity contribution in [2.45, 2.75) is 32.3 Å². The van der Waals surface area contributed by atoms with Gasteiger partial charge in [-0.3, -0.25) is 9.59 Å². The molecule has 0 spiro atoms. The van der Waals surface area contributed by atoms with Crippen LogP contribution in [0.4, 0.5) is 0 Å². The number of carbonyl (C=O) groups is 2. The Kier molecular flexibility index (Phi) is 4.40. The van der Waals surface area contributed by atoms with E-state index in [2.05, 4.69) is 4.74 Å². The van der Waals surface area contributed by atoms with E-state index < -0.39 is 17.5 Å². The molecule has 0 aliphatic rings. The summed E-state index contributed by atoms with van der Waals surface area (Å²) in [6.45, 7) is 2.69. The molecule has 0 aromatic rings. The topological polar surface area (TPSA) is 83.8 Å². The monoisotopic (exact) mass is 190 g/mol. The highest BCUT2D eigenvalue weighted by Gasteiger charge is 2.24. The normalized spacial score (nSPS) is 14.7. The van der Waals surface area contributed by atoms with E-state index in [0.717, 1.165) is 0 Å². The average molecular weight is 190 g/mol. The molecule has 1 atom stereocenters. The number of esters is 1. The first kappa shape index (κ1) is 11.9. The number of hydrogen-bond acceptors (Lipinski definition) is 4. The molecule has 0 amide bonds. The van der Waals surface area contributed by atoms with Gasteiger partial charge in [0.25, 0.3) is 0 Å². The van der Waals surface area contributed by atoms with Crippen LogP contribution in [0.1, 0.15) is 26.7 Å². The molecule has 0 unspecified atom stereocenters. The van der Waals surface area contributed by atoms with Gasteiger partial charge in [-0.05, 0) is 6.92 Å². The van der Waals surface area contributed by atoms with Crippen molar-refractivity contribution in [3.63, 3.8) is 0 Å². The smallest absolute Gasteiger partial charge is 0.306 e. The summed E-state index contributed by atoms with van der Waals surface area (Å²) in [5.41, 5.74) is -1.32. The maximum absolute atomic E-state index is 10.3. The van der Waals surface area contributed by atoms with Gasteiger partial charge in [-0.2, -0.15) is 0 Å². The van der Waals surface area contributed by atoms with Gasteiger partial charge in [0, 0.05) is 13.3 Å². The van der Waals surface area contributed by atoms with E-state index in [0.29, 0.717) is 0 Å². The highest BCUT2D eigenvalue weighted by Crippen LogP contribution is 2.13. The average Bonchev–Trinajstić information content (AvgIpc) is 1.81. The van der Waals surface area contributed by atoms with Gasteiger partial charge >= 0.3 is 11.9 Å². The molecule has 0 saturated heterocycles. The summed E-state index contributed by atoms with van der Waals surface area (Å²) in [5, 5.41) is 17.8. The van der Waals surface area contributed by atoms with Crippen LogP contribution in [0.3, 0.4) is 0 Å². The minimum atomic E-state index is -1.32. The molecular formula is C8H14O5. The van der Waals surface area contributed by atoms with Gasteiger partial charge in [-0.15, -0.1) is 0 Å². The molecule has 76 valence electrons. The van der Waals surface area contributed by atoms with E-state index >= 15 is 0 Å². The molecule has 0 radical (unpaired) electrons. The fourth-order valence-electron chi connectivity index (χ4n) is 0.829. The molecule has 5 nitrogen and oxygen atoms in total. The van der Waals surface area contributed by atoms with E-state index in [1.165, 1.54) is 13.8 Å². The first-order valence-corrected chi connectivity index (χ1v) is 3.91. The fraction of sp³-hybridized carbons (Fsp3) is 0.750. The van der Waals surface area contributed by atoms with Crippen molar-refractivity contribution in [3.05, 3.63) is 0 Å². The predicted molar refractivity (Wildman–Crippen MR) is 44.1 cm³/mol. The molecule has 0 bridgehead atoms. The summed E-state index contributed by atoms with van der Waals surface area (Å²) in [7, 11) is 0. The van der Waals surface area contributed by atoms with E-state index in [4.69, 9.17) is 5.11 Å². The number of carboxylic acids is 1. The Hall–Kier alpha value is -1.10. The van der Waals surface area contributed by atoms with Gasteiger partial charge in [0.2, 0.25) is 0 Å². The lowest BCUT2D eigenvalue weighted by Crippen LogP contribution is -2.29. The molecule has 0 aliphatic heterocycles. The first-order valence-electron chi connectivity index (χ1n) is 3.91. The van der Waals surface area contributed by atoms with Crippen molar-refractivity contribution in [1.29, 1.82) is 0 Å². The quantitative estimate of drug-likeness (QED) is 0.603. The van der Waals surface area contributed by atoms with E-state index in [1.807, 2.05) is 0 Å². The molecule has 0 aliphatic carbocycles. The van der Waals surface area contributed by atoms with Crippen molar-refractivity contribution < 1.29 is 24.5 Å². The Morgan fingerprint density at radius 2 is 2.00 bits per heavy atom. The van der Waals surface area contributed by atoms with Gasteiger partial charge in [0.1, 0.15) is 0 Å². The van der Waals surface area contributed by atoms with Crippen molar-refractivity contribution >= 4 is 11.9 Å². The number of ether oxygens (including phenoxy) is 1. The summed E-state index contributed by atoms with van der Waals surface area (Å²) >= 11 is 0. The largest absolute Gasteiger partial charge is 0.481 e. The lowest BCUT2D eigenvalue weighted by atomic mass is 9.99. The summed E-state index contributed by atoms with van der Waals surface area (Å²) in [4.78, 5) is 20.6. The SMILES string of the molecule is CC(=O)OCC[C@@](C)(O)CC(=O)O. The second-order valence-corrected chi connectivity index (χ2v) is 3.16. The molecule has 2 N–H and O–H groups in total. The van der Waals surface area contributed by atoms with Crippen molar-refractivity contribution in [3.8, 4) is 0 Å². The van der Waals surface area contributed by atoms with Gasteiger partial charge in [-0.1, -0.05) is 0 Å². The standard InChI is InChI=1S/C8H14O5/c1-6(9)13-4-3-8(2,12)5-7(10)11/h12H,3-5H2,1-2H3,(H,10,11)/t8-/m1/s1. The molecule has 0 saturated carbocycles. The number of carbonyl (C=O) groups excluding carboxylic acids is 1. The van der Waals surface area contributed by atoms with Crippen molar-refractivity contribution in [2.75, 3.05) is 6.61 Å². The zero-order valence-corrected chi connectivity index (χ0v) is 7.74. The third kappa shape index (κ3) is 7.27. The zero-order chi connectivity index (χ0) is 10.5. The van der Waals surface area contributed by atoms with E-state index in [-0.39, 0.29) is 19.4 Å². The third-order valence-electron chi connectivity index (χ3n) is 1.48. The number of carboxylic acid groups (broad SMARTS) is 1. The van der Waals surface area contributed by atoms with Crippen molar-refractivity contribution in [1.82, 2.24) is 0 Å². The maximum Gasteiger partial charge on any atom is 0.306 e. The number of rotatable bonds is 5. The molecule has 5 heteroatoms. The van der Waals surface area contributed by atoms with Crippen LogP contribution in [0.5, 0.6) is 0 Å². The molecule has 0 aromatic carbocycles. The van der Waals surface area contributed by atoms with Crippen LogP contribution in [0.15, 0.2) is 0 Å². The second kappa shape index (κ2) is 4.81. The van der Waals surface area contributed by atoms with Crippen LogP contribution >= 0.6 is 0 Å². The summed E-state index contributed by atoms with van der Waals surface area (Å²) in [6.07, 6.45) is -0.229. The summed E-state index contributed by atoms with van der Waals surface area (Å²) in [5.74, 6) is -1.51. The van der Waals surface area contributed by atoms with Crippen LogP contribution in [0, 0.1) is 0 Å². The van der Waals surface area contributed by atoms with Gasteiger partial charge < -0.3 is 14.9 Å². The summed E-state index contributed by atoms with van der Waals surface area (Å²) in [6, 6.07) is 0. The lowest BCUT2D eigenvalue weighted by Gasteiger charge is -2.20. The zero-order valence-electron chi connectivity index (χ0n) is 7.74. The molecule has 0 aromatic heterocycles. The minimum Gasteiger partial charge on any atom is -0.481 e. The molecule has 0 rings (SSSR count). The maximum atomic E-state index is 10.3. The van der Waals surface area contributed by atoms with Crippen molar-refractivity contribution in [2.24, 2.45) is 0 Å². The Morgan fingerprint density at radius 3 is 2.38 bits per heavy atom. The van der Waals surface area contributed by atoms with Crippen LogP contribution < -0.4 is 0 Å². The number of aliphatic carboxylic acids is 1. The summed E-state index contributed by atoms with van der Waals surface area (Å²) < 4.78 is 4.57. The van der Waals surface area contributed by atoms with E-state index in [9.17, 15) is 14.7 Å². The second-order valence-electron chi connectivity index (χ2n) is 3.16. The third-order valence-corrected chi connectivity index (χ3v) is 1.48. The first-order chi connectivity index (χ1) is 5.83. The predicted octanol–water partition coefficient (Wildman–Crippen LogP) is 0.165. The van der Waals surface area contributed by atoms with Gasteiger partial charge in [0.05, 0.1) is 18.6 Å². The van der Waals surface area contributed by atoms with Crippen LogP contribution in [0.25, 0.3) is 0 Å². The Bertz CT molecular complexity index is 197. The van der Waals surface area contributed by atoms with Gasteiger partial charge in [0.15, 0.2) is 0 Å².